The second kappa shape index (κ2) is 10.9. The van der Waals surface area contributed by atoms with Crippen LogP contribution in [0, 0.1) is 0 Å². The molecular formula is C24H28N2O7. The first-order valence-corrected chi connectivity index (χ1v) is 10.7. The Morgan fingerprint density at radius 2 is 1.58 bits per heavy atom. The van der Waals surface area contributed by atoms with E-state index in [9.17, 15) is 19.5 Å². The zero-order valence-corrected chi connectivity index (χ0v) is 18.4. The van der Waals surface area contributed by atoms with E-state index in [-0.39, 0.29) is 38.7 Å². The van der Waals surface area contributed by atoms with E-state index in [0.29, 0.717) is 0 Å². The van der Waals surface area contributed by atoms with Crippen molar-refractivity contribution in [2.24, 2.45) is 0 Å². The molecule has 2 aromatic carbocycles. The van der Waals surface area contributed by atoms with E-state index in [1.165, 1.54) is 0 Å². The number of aliphatic carboxylic acids is 1. The van der Waals surface area contributed by atoms with E-state index in [0.717, 1.165) is 29.2 Å². The average molecular weight is 456 g/mol. The Morgan fingerprint density at radius 3 is 2.18 bits per heavy atom. The molecule has 0 aromatic heterocycles. The summed E-state index contributed by atoms with van der Waals surface area (Å²) in [5.41, 5.74) is 2.57. The van der Waals surface area contributed by atoms with Gasteiger partial charge in [-0.25, -0.2) is 9.59 Å². The molecule has 0 aliphatic heterocycles. The maximum Gasteiger partial charge on any atom is 0.407 e. The van der Waals surface area contributed by atoms with Crippen LogP contribution in [0.25, 0.3) is 11.1 Å². The van der Waals surface area contributed by atoms with Crippen LogP contribution >= 0.6 is 0 Å². The fourth-order valence-electron chi connectivity index (χ4n) is 3.58. The van der Waals surface area contributed by atoms with E-state index in [2.05, 4.69) is 22.8 Å². The predicted octanol–water partition coefficient (Wildman–Crippen LogP) is 1.88. The fraction of sp³-hybridized carbons (Fsp3) is 0.375. The second-order valence-corrected chi connectivity index (χ2v) is 7.97. The van der Waals surface area contributed by atoms with Crippen LogP contribution in [0.4, 0.5) is 4.79 Å². The van der Waals surface area contributed by atoms with Gasteiger partial charge in [0, 0.05) is 18.9 Å². The first-order valence-electron chi connectivity index (χ1n) is 10.7. The number of nitrogens with one attached hydrogen (secondary N) is 2. The molecule has 3 rings (SSSR count). The van der Waals surface area contributed by atoms with Gasteiger partial charge < -0.3 is 30.3 Å². The number of benzene rings is 2. The molecule has 1 unspecified atom stereocenters. The Kier molecular flexibility index (Phi) is 8.02. The third kappa shape index (κ3) is 6.30. The first-order chi connectivity index (χ1) is 15.8. The van der Waals surface area contributed by atoms with Crippen LogP contribution in [0.15, 0.2) is 48.5 Å². The second-order valence-electron chi connectivity index (χ2n) is 7.97. The van der Waals surface area contributed by atoms with Gasteiger partial charge in [0.05, 0.1) is 19.8 Å². The number of carboxylic acid groups (broad SMARTS) is 1. The summed E-state index contributed by atoms with van der Waals surface area (Å²) < 4.78 is 10.7. The lowest BCUT2D eigenvalue weighted by molar-refractivity contribution is -0.156. The molecule has 2 aromatic rings. The number of aliphatic hydroxyl groups is 1. The topological polar surface area (TPSA) is 134 Å². The van der Waals surface area contributed by atoms with Gasteiger partial charge in [0.25, 0.3) is 0 Å². The summed E-state index contributed by atoms with van der Waals surface area (Å²) in [7, 11) is 0. The molecule has 0 saturated carbocycles. The smallest absolute Gasteiger partial charge is 0.407 e. The van der Waals surface area contributed by atoms with E-state index < -0.39 is 30.1 Å². The first kappa shape index (κ1) is 24.2. The largest absolute Gasteiger partial charge is 0.479 e. The number of carbonyl (C=O) groups excluding carboxylic acids is 2. The highest BCUT2D eigenvalue weighted by molar-refractivity contribution is 5.80. The van der Waals surface area contributed by atoms with Gasteiger partial charge in [-0.2, -0.15) is 0 Å². The van der Waals surface area contributed by atoms with Crippen molar-refractivity contribution < 1.29 is 34.1 Å². The normalized spacial score (nSPS) is 14.0. The maximum absolute atomic E-state index is 12.1. The Bertz CT molecular complexity index is 960. The zero-order chi connectivity index (χ0) is 23.8. The van der Waals surface area contributed by atoms with Crippen molar-refractivity contribution in [2.45, 2.75) is 24.9 Å². The number of carbonyl (C=O) groups is 3. The van der Waals surface area contributed by atoms with E-state index in [4.69, 9.17) is 14.6 Å². The third-order valence-corrected chi connectivity index (χ3v) is 5.42. The molecule has 33 heavy (non-hydrogen) atoms. The summed E-state index contributed by atoms with van der Waals surface area (Å²) >= 11 is 0. The van der Waals surface area contributed by atoms with Gasteiger partial charge >= 0.3 is 12.1 Å². The number of rotatable bonds is 11. The van der Waals surface area contributed by atoms with Crippen LogP contribution < -0.4 is 10.6 Å². The van der Waals surface area contributed by atoms with Crippen LogP contribution in [0.3, 0.4) is 0 Å². The number of carboxylic acids is 1. The van der Waals surface area contributed by atoms with Crippen molar-refractivity contribution in [3.05, 3.63) is 59.7 Å². The van der Waals surface area contributed by atoms with Crippen molar-refractivity contribution >= 4 is 18.0 Å². The van der Waals surface area contributed by atoms with Crippen molar-refractivity contribution in [3.63, 3.8) is 0 Å². The van der Waals surface area contributed by atoms with Gasteiger partial charge in [0.15, 0.2) is 5.60 Å². The quantitative estimate of drug-likeness (QED) is 0.379. The lowest BCUT2D eigenvalue weighted by Crippen LogP contribution is -2.46. The summed E-state index contributed by atoms with van der Waals surface area (Å²) in [4.78, 5) is 34.5. The standard InChI is InChI=1S/C24H28N2O7/c1-24(31,22(28)29)15-26-21(27)10-12-32-13-11-25-23(30)33-14-20-18-8-4-2-6-16(18)17-7-3-5-9-19(17)20/h2-9,20,31H,10-15H2,1H3,(H,25,30)(H,26,27)(H,28,29). The van der Waals surface area contributed by atoms with Crippen molar-refractivity contribution in [1.82, 2.24) is 10.6 Å². The summed E-state index contributed by atoms with van der Waals surface area (Å²) in [6, 6.07) is 16.2. The summed E-state index contributed by atoms with van der Waals surface area (Å²) in [6.07, 6.45) is -0.546. The minimum atomic E-state index is -2.02. The third-order valence-electron chi connectivity index (χ3n) is 5.42. The SMILES string of the molecule is CC(O)(CNC(=O)CCOCCNC(=O)OCC1c2ccccc2-c2ccccc21)C(=O)O. The highest BCUT2D eigenvalue weighted by Gasteiger charge is 2.30. The molecule has 0 fully saturated rings. The molecule has 0 saturated heterocycles. The molecule has 2 amide bonds. The van der Waals surface area contributed by atoms with Crippen molar-refractivity contribution in [1.29, 1.82) is 0 Å². The molecule has 4 N–H and O–H groups in total. The Hall–Kier alpha value is -3.43. The minimum absolute atomic E-state index is 0.000638. The van der Waals surface area contributed by atoms with Crippen LogP contribution in [0.5, 0.6) is 0 Å². The number of ether oxygens (including phenoxy) is 2. The molecule has 176 valence electrons. The van der Waals surface area contributed by atoms with Gasteiger partial charge in [-0.3, -0.25) is 4.79 Å². The van der Waals surface area contributed by atoms with Crippen molar-refractivity contribution in [2.75, 3.05) is 32.9 Å². The molecule has 0 bridgehead atoms. The number of hydrogen-bond donors (Lipinski definition) is 4. The summed E-state index contributed by atoms with van der Waals surface area (Å²) in [5, 5.41) is 23.3. The van der Waals surface area contributed by atoms with E-state index >= 15 is 0 Å². The molecule has 0 heterocycles. The number of amides is 2. The molecule has 1 atom stereocenters. The summed E-state index contributed by atoms with van der Waals surface area (Å²) in [5.74, 6) is -1.88. The van der Waals surface area contributed by atoms with Crippen molar-refractivity contribution in [3.8, 4) is 11.1 Å². The van der Waals surface area contributed by atoms with Crippen LogP contribution in [-0.4, -0.2) is 66.7 Å². The van der Waals surface area contributed by atoms with Crippen LogP contribution in [0.2, 0.25) is 0 Å². The zero-order valence-electron chi connectivity index (χ0n) is 18.4. The Labute approximate surface area is 191 Å². The molecular weight excluding hydrogens is 428 g/mol. The molecule has 0 spiro atoms. The fourth-order valence-corrected chi connectivity index (χ4v) is 3.58. The molecule has 9 nitrogen and oxygen atoms in total. The molecule has 9 heteroatoms. The maximum atomic E-state index is 12.1. The molecule has 1 aliphatic rings. The number of hydrogen-bond acceptors (Lipinski definition) is 6. The minimum Gasteiger partial charge on any atom is -0.479 e. The lowest BCUT2D eigenvalue weighted by Gasteiger charge is -2.18. The number of fused-ring (bicyclic) bond motifs is 3. The van der Waals surface area contributed by atoms with Gasteiger partial charge in [0.2, 0.25) is 5.91 Å². The van der Waals surface area contributed by atoms with E-state index in [1.54, 1.807) is 0 Å². The summed E-state index contributed by atoms with van der Waals surface area (Å²) in [6.45, 7) is 1.41. The van der Waals surface area contributed by atoms with Gasteiger partial charge in [-0.05, 0) is 29.2 Å². The molecule has 0 radical (unpaired) electrons. The Morgan fingerprint density at radius 1 is 0.970 bits per heavy atom. The highest BCUT2D eigenvalue weighted by atomic mass is 16.5. The molecule has 1 aliphatic carbocycles. The van der Waals surface area contributed by atoms with Crippen LogP contribution in [0.1, 0.15) is 30.4 Å². The highest BCUT2D eigenvalue weighted by Crippen LogP contribution is 2.44. The van der Waals surface area contributed by atoms with Crippen LogP contribution in [-0.2, 0) is 19.1 Å². The number of alkyl carbamates (subject to hydrolysis) is 1. The Balaban J connectivity index is 1.32. The monoisotopic (exact) mass is 456 g/mol. The predicted molar refractivity (Wildman–Crippen MR) is 120 cm³/mol. The average Bonchev–Trinajstić information content (AvgIpc) is 3.12. The lowest BCUT2D eigenvalue weighted by atomic mass is 9.98. The van der Waals surface area contributed by atoms with Gasteiger partial charge in [-0.15, -0.1) is 0 Å². The van der Waals surface area contributed by atoms with Gasteiger partial charge in [0.1, 0.15) is 6.61 Å². The van der Waals surface area contributed by atoms with E-state index in [1.807, 2.05) is 36.4 Å². The van der Waals surface area contributed by atoms with Gasteiger partial charge in [-0.1, -0.05) is 48.5 Å².